The number of aryl methyl sites for hydroxylation is 1. The Morgan fingerprint density at radius 2 is 1.95 bits per heavy atom. The highest BCUT2D eigenvalue weighted by atomic mass is 32.2. The van der Waals surface area contributed by atoms with Gasteiger partial charge in [0.2, 0.25) is 11.9 Å². The summed E-state index contributed by atoms with van der Waals surface area (Å²) in [4.78, 5) is 26.1. The average Bonchev–Trinajstić information content (AvgIpc) is 3.63. The molecule has 0 aliphatic carbocycles. The molecule has 1 aliphatic heterocycles. The van der Waals surface area contributed by atoms with Gasteiger partial charge in [-0.15, -0.1) is 0 Å². The Morgan fingerprint density at radius 3 is 2.66 bits per heavy atom. The van der Waals surface area contributed by atoms with Gasteiger partial charge in [0.15, 0.2) is 0 Å². The predicted molar refractivity (Wildman–Crippen MR) is 173 cm³/mol. The van der Waals surface area contributed by atoms with Crippen molar-refractivity contribution in [3.8, 4) is 17.0 Å². The summed E-state index contributed by atoms with van der Waals surface area (Å²) in [5.74, 6) is 0.0153. The van der Waals surface area contributed by atoms with Crippen molar-refractivity contribution in [2.45, 2.75) is 18.6 Å². The van der Waals surface area contributed by atoms with Crippen LogP contribution in [0.3, 0.4) is 0 Å². The van der Waals surface area contributed by atoms with Gasteiger partial charge in [-0.3, -0.25) is 9.35 Å². The highest BCUT2D eigenvalue weighted by Gasteiger charge is 2.19. The molecular weight excluding hydrogens is 582 g/mol. The Morgan fingerprint density at radius 1 is 1.18 bits per heavy atom. The third kappa shape index (κ3) is 7.18. The summed E-state index contributed by atoms with van der Waals surface area (Å²) in [5, 5.41) is 6.94. The lowest BCUT2D eigenvalue weighted by Crippen LogP contribution is -2.32. The van der Waals surface area contributed by atoms with Crippen LogP contribution < -0.4 is 20.3 Å². The van der Waals surface area contributed by atoms with Gasteiger partial charge in [0.05, 0.1) is 29.9 Å². The molecule has 3 N–H and O–H groups in total. The highest BCUT2D eigenvalue weighted by Crippen LogP contribution is 2.38. The van der Waals surface area contributed by atoms with E-state index < -0.39 is 15.9 Å². The zero-order valence-electron chi connectivity index (χ0n) is 25.1. The van der Waals surface area contributed by atoms with Gasteiger partial charge in [0.25, 0.3) is 10.1 Å². The van der Waals surface area contributed by atoms with Crippen molar-refractivity contribution in [2.24, 2.45) is 7.05 Å². The number of amides is 1. The summed E-state index contributed by atoms with van der Waals surface area (Å²) in [6.45, 7) is 7.48. The molecule has 2 aromatic carbocycles. The van der Waals surface area contributed by atoms with Crippen LogP contribution in [0.1, 0.15) is 18.4 Å². The Hall–Kier alpha value is -4.46. The van der Waals surface area contributed by atoms with E-state index >= 15 is 0 Å². The van der Waals surface area contributed by atoms with Crippen LogP contribution in [0, 0.1) is 0 Å². The van der Waals surface area contributed by atoms with Crippen LogP contribution >= 0.6 is 0 Å². The van der Waals surface area contributed by atoms with E-state index in [4.69, 9.17) is 9.72 Å². The normalized spacial score (nSPS) is 13.6. The molecule has 3 heterocycles. The molecule has 0 spiro atoms. The third-order valence-corrected chi connectivity index (χ3v) is 8.40. The summed E-state index contributed by atoms with van der Waals surface area (Å²) in [7, 11) is 1.27. The zero-order chi connectivity index (χ0) is 31.4. The number of fused-ring (bicyclic) bond motifs is 1. The molecule has 0 radical (unpaired) electrons. The molecule has 44 heavy (non-hydrogen) atoms. The van der Waals surface area contributed by atoms with E-state index in [0.717, 1.165) is 48.3 Å². The van der Waals surface area contributed by atoms with Crippen molar-refractivity contribution in [1.82, 2.24) is 19.4 Å². The molecule has 4 aromatic rings. The number of likely N-dealkylation sites (N-methyl/N-ethyl adjacent to an activating group) is 1. The number of anilines is 4. The number of nitrogens with zero attached hydrogens (tertiary/aromatic N) is 5. The SMILES string of the molecule is C=CC(=O)Nc1cc(Nc2nccc(-c3cn(C)c4ccc(CS(=O)(=O)O)cc34)n2)c(OC)cc1N(C)CCN1CCCC1. The number of carbonyl (C=O) groups is 1. The first-order valence-corrected chi connectivity index (χ1v) is 15.9. The summed E-state index contributed by atoms with van der Waals surface area (Å²) in [6.07, 6.45) is 7.20. The van der Waals surface area contributed by atoms with E-state index in [0.29, 0.717) is 34.3 Å². The van der Waals surface area contributed by atoms with Crippen LogP contribution in [0.5, 0.6) is 5.75 Å². The maximum atomic E-state index is 12.4. The maximum absolute atomic E-state index is 12.4. The van der Waals surface area contributed by atoms with Crippen molar-refractivity contribution in [2.75, 3.05) is 55.9 Å². The first-order valence-electron chi connectivity index (χ1n) is 14.3. The molecule has 232 valence electrons. The largest absolute Gasteiger partial charge is 0.494 e. The monoisotopic (exact) mass is 619 g/mol. The van der Waals surface area contributed by atoms with Crippen LogP contribution in [0.2, 0.25) is 0 Å². The fraction of sp³-hybridized carbons (Fsp3) is 0.323. The summed E-state index contributed by atoms with van der Waals surface area (Å²) >= 11 is 0. The topological polar surface area (TPSA) is 142 Å². The first-order chi connectivity index (χ1) is 21.0. The maximum Gasteiger partial charge on any atom is 0.269 e. The van der Waals surface area contributed by atoms with Gasteiger partial charge in [-0.1, -0.05) is 12.6 Å². The quantitative estimate of drug-likeness (QED) is 0.154. The standard InChI is InChI=1S/C31H37N7O5S/c1-5-30(39)33-25-17-26(29(43-4)18-28(25)36(2)14-15-38-12-6-7-13-38)35-31-32-11-10-24(34-31)23-19-37(3)27-9-8-21(16-22(23)27)20-44(40,41)42/h5,8-11,16-19H,1,6-7,12-15,20H2,2-4H3,(H,33,39)(H,32,34,35)(H,40,41,42). The Labute approximate surface area is 257 Å². The fourth-order valence-corrected chi connectivity index (χ4v) is 6.09. The van der Waals surface area contributed by atoms with Gasteiger partial charge in [-0.05, 0) is 61.8 Å². The molecular formula is C31H37N7O5S. The van der Waals surface area contributed by atoms with Gasteiger partial charge in [0, 0.05) is 62.1 Å². The lowest BCUT2D eigenvalue weighted by Gasteiger charge is -2.26. The van der Waals surface area contributed by atoms with Crippen molar-refractivity contribution >= 4 is 49.9 Å². The van der Waals surface area contributed by atoms with E-state index in [1.807, 2.05) is 37.0 Å². The summed E-state index contributed by atoms with van der Waals surface area (Å²) in [6, 6.07) is 10.7. The molecule has 5 rings (SSSR count). The van der Waals surface area contributed by atoms with Crippen molar-refractivity contribution in [3.05, 3.63) is 67.0 Å². The molecule has 13 heteroatoms. The minimum absolute atomic E-state index is 0.294. The van der Waals surface area contributed by atoms with E-state index in [2.05, 4.69) is 32.0 Å². The number of ether oxygens (including phenoxy) is 1. The molecule has 0 saturated carbocycles. The van der Waals surface area contributed by atoms with Gasteiger partial charge >= 0.3 is 0 Å². The molecule has 2 aromatic heterocycles. The van der Waals surface area contributed by atoms with Crippen LogP contribution in [0.15, 0.2) is 61.4 Å². The average molecular weight is 620 g/mol. The minimum Gasteiger partial charge on any atom is -0.494 e. The van der Waals surface area contributed by atoms with E-state index in [9.17, 15) is 17.8 Å². The lowest BCUT2D eigenvalue weighted by atomic mass is 10.1. The van der Waals surface area contributed by atoms with Crippen LogP contribution in [-0.2, 0) is 27.7 Å². The Balaban J connectivity index is 1.47. The van der Waals surface area contributed by atoms with Crippen LogP contribution in [0.4, 0.5) is 23.0 Å². The fourth-order valence-electron chi connectivity index (χ4n) is 5.49. The minimum atomic E-state index is -4.18. The number of carbonyl (C=O) groups excluding carboxylic acids is 1. The number of nitrogens with one attached hydrogen (secondary N) is 2. The van der Waals surface area contributed by atoms with E-state index in [1.54, 1.807) is 37.6 Å². The third-order valence-electron chi connectivity index (χ3n) is 7.70. The molecule has 1 aliphatic rings. The molecule has 1 amide bonds. The first kappa shape index (κ1) is 31.0. The van der Waals surface area contributed by atoms with Gasteiger partial charge in [-0.2, -0.15) is 8.42 Å². The number of hydrogen-bond donors (Lipinski definition) is 3. The van der Waals surface area contributed by atoms with Crippen LogP contribution in [-0.4, -0.2) is 78.6 Å². The number of aromatic nitrogens is 3. The second-order valence-corrected chi connectivity index (χ2v) is 12.3. The Kier molecular flexibility index (Phi) is 9.18. The number of methoxy groups -OCH3 is 1. The molecule has 0 bridgehead atoms. The molecule has 0 unspecified atom stereocenters. The van der Waals surface area contributed by atoms with Gasteiger partial charge < -0.3 is 29.7 Å². The molecule has 0 atom stereocenters. The molecule has 12 nitrogen and oxygen atoms in total. The Bertz CT molecular complexity index is 1800. The number of benzene rings is 2. The smallest absolute Gasteiger partial charge is 0.269 e. The van der Waals surface area contributed by atoms with E-state index in [1.165, 1.54) is 18.9 Å². The van der Waals surface area contributed by atoms with Gasteiger partial charge in [0.1, 0.15) is 11.5 Å². The second-order valence-electron chi connectivity index (χ2n) is 10.9. The number of rotatable bonds is 12. The predicted octanol–water partition coefficient (Wildman–Crippen LogP) is 4.43. The van der Waals surface area contributed by atoms with E-state index in [-0.39, 0.29) is 5.91 Å². The summed E-state index contributed by atoms with van der Waals surface area (Å²) in [5.41, 5.74) is 4.64. The van der Waals surface area contributed by atoms with Crippen LogP contribution in [0.25, 0.3) is 22.2 Å². The lowest BCUT2D eigenvalue weighted by molar-refractivity contribution is -0.111. The molecule has 1 fully saturated rings. The number of hydrogen-bond acceptors (Lipinski definition) is 9. The van der Waals surface area contributed by atoms with Crippen molar-refractivity contribution in [1.29, 1.82) is 0 Å². The molecule has 1 saturated heterocycles. The van der Waals surface area contributed by atoms with Gasteiger partial charge in [-0.25, -0.2) is 9.97 Å². The van der Waals surface area contributed by atoms with Crippen molar-refractivity contribution < 1.29 is 22.5 Å². The second kappa shape index (κ2) is 13.0. The number of likely N-dealkylation sites (tertiary alicyclic amines) is 1. The zero-order valence-corrected chi connectivity index (χ0v) is 25.9. The highest BCUT2D eigenvalue weighted by molar-refractivity contribution is 7.85. The summed E-state index contributed by atoms with van der Waals surface area (Å²) < 4.78 is 40.0. The van der Waals surface area contributed by atoms with Crippen molar-refractivity contribution in [3.63, 3.8) is 0 Å².